The van der Waals surface area contributed by atoms with Crippen LogP contribution >= 0.6 is 11.6 Å². The van der Waals surface area contributed by atoms with Gasteiger partial charge in [0.15, 0.2) is 6.61 Å². The minimum atomic E-state index is -0.521. The lowest BCUT2D eigenvalue weighted by Crippen LogP contribution is -2.16. The van der Waals surface area contributed by atoms with Gasteiger partial charge >= 0.3 is 5.97 Å². The molecule has 0 saturated carbocycles. The number of carbonyl (C=O) groups is 1. The second-order valence-electron chi connectivity index (χ2n) is 6.31. The number of ether oxygens (including phenoxy) is 2. The predicted octanol–water partition coefficient (Wildman–Crippen LogP) is 5.19. The molecule has 29 heavy (non-hydrogen) atoms. The van der Waals surface area contributed by atoms with Crippen molar-refractivity contribution >= 4 is 17.6 Å². The Balaban J connectivity index is 2.12. The topological polar surface area (TPSA) is 72.2 Å². The van der Waals surface area contributed by atoms with Gasteiger partial charge in [-0.15, -0.1) is 0 Å². The van der Waals surface area contributed by atoms with Crippen LogP contribution in [0.2, 0.25) is 5.02 Å². The number of rotatable bonds is 6. The van der Waals surface area contributed by atoms with Crippen molar-refractivity contribution in [1.82, 2.24) is 4.98 Å². The lowest BCUT2D eigenvalue weighted by molar-refractivity contribution is -0.145. The molecule has 0 N–H and O–H groups in total. The zero-order valence-corrected chi connectivity index (χ0v) is 16.9. The summed E-state index contributed by atoms with van der Waals surface area (Å²) in [6, 6.07) is 19.0. The average molecular weight is 407 g/mol. The highest BCUT2D eigenvalue weighted by atomic mass is 35.5. The van der Waals surface area contributed by atoms with E-state index in [9.17, 15) is 10.1 Å². The van der Waals surface area contributed by atoms with Crippen LogP contribution in [0.3, 0.4) is 0 Å². The SMILES string of the molecule is CCOC(=O)COc1nc(-c2ccc(C)cc2)cc(-c2ccc(Cl)cc2)c1C#N. The summed E-state index contributed by atoms with van der Waals surface area (Å²) < 4.78 is 10.5. The summed E-state index contributed by atoms with van der Waals surface area (Å²) in [5, 5.41) is 10.4. The van der Waals surface area contributed by atoms with E-state index in [2.05, 4.69) is 11.1 Å². The number of carbonyl (C=O) groups excluding carboxylic acids is 1. The van der Waals surface area contributed by atoms with Gasteiger partial charge in [0.05, 0.1) is 12.3 Å². The molecule has 0 radical (unpaired) electrons. The third-order valence-corrected chi connectivity index (χ3v) is 4.48. The Bertz CT molecular complexity index is 1060. The maximum Gasteiger partial charge on any atom is 0.344 e. The molecule has 0 aliphatic carbocycles. The van der Waals surface area contributed by atoms with Crippen LogP contribution in [0.4, 0.5) is 0 Å². The maximum absolute atomic E-state index is 11.7. The number of esters is 1. The van der Waals surface area contributed by atoms with Crippen molar-refractivity contribution in [2.24, 2.45) is 0 Å². The number of benzene rings is 2. The number of hydrogen-bond acceptors (Lipinski definition) is 5. The molecule has 0 fully saturated rings. The molecule has 6 heteroatoms. The van der Waals surface area contributed by atoms with Crippen molar-refractivity contribution in [2.75, 3.05) is 13.2 Å². The first kappa shape index (κ1) is 20.4. The van der Waals surface area contributed by atoms with Crippen LogP contribution in [-0.2, 0) is 9.53 Å². The van der Waals surface area contributed by atoms with E-state index in [0.29, 0.717) is 16.3 Å². The van der Waals surface area contributed by atoms with Crippen molar-refractivity contribution in [2.45, 2.75) is 13.8 Å². The van der Waals surface area contributed by atoms with Crippen molar-refractivity contribution in [1.29, 1.82) is 5.26 Å². The van der Waals surface area contributed by atoms with E-state index < -0.39 is 5.97 Å². The van der Waals surface area contributed by atoms with E-state index >= 15 is 0 Å². The smallest absolute Gasteiger partial charge is 0.344 e. The van der Waals surface area contributed by atoms with E-state index in [4.69, 9.17) is 21.1 Å². The Labute approximate surface area is 174 Å². The van der Waals surface area contributed by atoms with Crippen molar-refractivity contribution in [3.63, 3.8) is 0 Å². The van der Waals surface area contributed by atoms with Gasteiger partial charge in [0, 0.05) is 16.1 Å². The van der Waals surface area contributed by atoms with Crippen LogP contribution in [0, 0.1) is 18.3 Å². The van der Waals surface area contributed by atoms with Crippen LogP contribution in [0.25, 0.3) is 22.4 Å². The van der Waals surface area contributed by atoms with Crippen molar-refractivity contribution < 1.29 is 14.3 Å². The summed E-state index contributed by atoms with van der Waals surface area (Å²) in [4.78, 5) is 16.2. The average Bonchev–Trinajstić information content (AvgIpc) is 2.73. The molecule has 0 unspecified atom stereocenters. The second-order valence-corrected chi connectivity index (χ2v) is 6.75. The summed E-state index contributed by atoms with van der Waals surface area (Å²) in [6.45, 7) is 3.64. The largest absolute Gasteiger partial charge is 0.465 e. The highest BCUT2D eigenvalue weighted by molar-refractivity contribution is 6.30. The molecule has 3 rings (SSSR count). The molecule has 1 aromatic heterocycles. The molecule has 2 aromatic carbocycles. The number of nitrogens with zero attached hydrogens (tertiary/aromatic N) is 2. The maximum atomic E-state index is 11.7. The molecule has 0 aliphatic rings. The van der Waals surface area contributed by atoms with Gasteiger partial charge in [-0.3, -0.25) is 0 Å². The van der Waals surface area contributed by atoms with E-state index in [0.717, 1.165) is 16.7 Å². The molecule has 0 aliphatic heterocycles. The lowest BCUT2D eigenvalue weighted by atomic mass is 9.98. The highest BCUT2D eigenvalue weighted by Crippen LogP contribution is 2.34. The van der Waals surface area contributed by atoms with Crippen LogP contribution in [0.1, 0.15) is 18.1 Å². The van der Waals surface area contributed by atoms with Gasteiger partial charge in [-0.1, -0.05) is 53.6 Å². The van der Waals surface area contributed by atoms with Gasteiger partial charge in [0.25, 0.3) is 0 Å². The Morgan fingerprint density at radius 1 is 1.10 bits per heavy atom. The standard InChI is InChI=1S/C23H19ClN2O3/c1-3-28-22(27)14-29-23-20(13-25)19(16-8-10-18(24)11-9-16)12-21(26-23)17-6-4-15(2)5-7-17/h4-12H,3,14H2,1-2H3. The number of nitriles is 1. The fraction of sp³-hybridized carbons (Fsp3) is 0.174. The van der Waals surface area contributed by atoms with Crippen LogP contribution < -0.4 is 4.74 Å². The van der Waals surface area contributed by atoms with Crippen LogP contribution in [0.15, 0.2) is 54.6 Å². The molecule has 5 nitrogen and oxygen atoms in total. The molecule has 0 spiro atoms. The fourth-order valence-electron chi connectivity index (χ4n) is 2.79. The highest BCUT2D eigenvalue weighted by Gasteiger charge is 2.18. The summed E-state index contributed by atoms with van der Waals surface area (Å²) >= 11 is 6.01. The Morgan fingerprint density at radius 2 is 1.76 bits per heavy atom. The normalized spacial score (nSPS) is 10.3. The molecular weight excluding hydrogens is 388 g/mol. The number of halogens is 1. The van der Waals surface area contributed by atoms with Crippen LogP contribution in [0.5, 0.6) is 5.88 Å². The molecule has 146 valence electrons. The number of pyridine rings is 1. The molecular formula is C23H19ClN2O3. The van der Waals surface area contributed by atoms with Gasteiger partial charge in [-0.2, -0.15) is 5.26 Å². The Kier molecular flexibility index (Phi) is 6.48. The summed E-state index contributed by atoms with van der Waals surface area (Å²) in [5.74, 6) is -0.435. The van der Waals surface area contributed by atoms with Gasteiger partial charge < -0.3 is 9.47 Å². The van der Waals surface area contributed by atoms with E-state index in [1.165, 1.54) is 0 Å². The van der Waals surface area contributed by atoms with Crippen LogP contribution in [-0.4, -0.2) is 24.2 Å². The summed E-state index contributed by atoms with van der Waals surface area (Å²) in [6.07, 6.45) is 0. The Hall–Kier alpha value is -3.36. The van der Waals surface area contributed by atoms with Gasteiger partial charge in [-0.25, -0.2) is 9.78 Å². The third kappa shape index (κ3) is 4.92. The number of hydrogen-bond donors (Lipinski definition) is 0. The van der Waals surface area contributed by atoms with Gasteiger partial charge in [-0.05, 0) is 37.6 Å². The van der Waals surface area contributed by atoms with Crippen molar-refractivity contribution in [3.05, 3.63) is 70.7 Å². The lowest BCUT2D eigenvalue weighted by Gasteiger charge is -2.13. The Morgan fingerprint density at radius 3 is 2.38 bits per heavy atom. The quantitative estimate of drug-likeness (QED) is 0.526. The van der Waals surface area contributed by atoms with E-state index in [1.807, 2.05) is 49.4 Å². The number of aryl methyl sites for hydroxylation is 1. The second kappa shape index (κ2) is 9.22. The monoisotopic (exact) mass is 406 g/mol. The molecule has 1 heterocycles. The molecule has 3 aromatic rings. The first-order valence-corrected chi connectivity index (χ1v) is 9.46. The molecule has 0 bridgehead atoms. The van der Waals surface area contributed by atoms with Gasteiger partial charge in [0.2, 0.25) is 5.88 Å². The van der Waals surface area contributed by atoms with Crippen molar-refractivity contribution in [3.8, 4) is 34.3 Å². The zero-order valence-electron chi connectivity index (χ0n) is 16.1. The molecule has 0 atom stereocenters. The minimum absolute atomic E-state index is 0.0866. The predicted molar refractivity (Wildman–Crippen MR) is 112 cm³/mol. The molecule has 0 saturated heterocycles. The number of aromatic nitrogens is 1. The fourth-order valence-corrected chi connectivity index (χ4v) is 2.92. The third-order valence-electron chi connectivity index (χ3n) is 4.23. The van der Waals surface area contributed by atoms with E-state index in [-0.39, 0.29) is 24.7 Å². The summed E-state index contributed by atoms with van der Waals surface area (Å²) in [7, 11) is 0. The van der Waals surface area contributed by atoms with E-state index in [1.54, 1.807) is 19.1 Å². The molecule has 0 amide bonds. The zero-order chi connectivity index (χ0) is 20.8. The first-order valence-electron chi connectivity index (χ1n) is 9.08. The minimum Gasteiger partial charge on any atom is -0.465 e. The van der Waals surface area contributed by atoms with Gasteiger partial charge in [0.1, 0.15) is 11.6 Å². The summed E-state index contributed by atoms with van der Waals surface area (Å²) in [5.41, 5.74) is 4.31. The first-order chi connectivity index (χ1) is 14.0.